The number of hydrogen-bond acceptors (Lipinski definition) is 4. The van der Waals surface area contributed by atoms with E-state index in [1.807, 2.05) is 25.1 Å². The Labute approximate surface area is 153 Å². The van der Waals surface area contributed by atoms with E-state index in [2.05, 4.69) is 15.5 Å². The van der Waals surface area contributed by atoms with Gasteiger partial charge in [-0.25, -0.2) is 8.42 Å². The van der Waals surface area contributed by atoms with E-state index in [-0.39, 0.29) is 16.8 Å². The summed E-state index contributed by atoms with van der Waals surface area (Å²) in [6.45, 7) is 6.06. The number of benzene rings is 1. The molecule has 1 aliphatic rings. The fourth-order valence-corrected chi connectivity index (χ4v) is 5.18. The molecular weight excluding hydrogens is 352 g/mol. The molecule has 7 nitrogen and oxygen atoms in total. The fourth-order valence-electron chi connectivity index (χ4n) is 3.38. The van der Waals surface area contributed by atoms with Crippen LogP contribution in [0.25, 0.3) is 0 Å². The van der Waals surface area contributed by atoms with E-state index in [0.29, 0.717) is 42.9 Å². The number of aromatic nitrogens is 2. The van der Waals surface area contributed by atoms with E-state index >= 15 is 0 Å². The topological polar surface area (TPSA) is 95.2 Å². The van der Waals surface area contributed by atoms with Gasteiger partial charge in [-0.3, -0.25) is 9.89 Å². The third-order valence-corrected chi connectivity index (χ3v) is 7.00. The molecule has 8 heteroatoms. The SMILES string of the molecule is Cc1ccccc1C(=O)NC1CCN(S(=O)(=O)c2c(C)n[nH]c2C)CC1. The Kier molecular flexibility index (Phi) is 5.15. The van der Waals surface area contributed by atoms with Crippen molar-refractivity contribution in [1.29, 1.82) is 0 Å². The predicted octanol–water partition coefficient (Wildman–Crippen LogP) is 1.92. The van der Waals surface area contributed by atoms with Gasteiger partial charge in [-0.05, 0) is 45.2 Å². The van der Waals surface area contributed by atoms with Crippen LogP contribution in [0, 0.1) is 20.8 Å². The number of carbonyl (C=O) groups is 1. The van der Waals surface area contributed by atoms with Crippen LogP contribution in [0.5, 0.6) is 0 Å². The first-order valence-electron chi connectivity index (χ1n) is 8.69. The highest BCUT2D eigenvalue weighted by Gasteiger charge is 2.33. The molecule has 0 unspecified atom stereocenters. The maximum absolute atomic E-state index is 12.9. The summed E-state index contributed by atoms with van der Waals surface area (Å²) in [7, 11) is -3.56. The fraction of sp³-hybridized carbons (Fsp3) is 0.444. The summed E-state index contributed by atoms with van der Waals surface area (Å²) < 4.78 is 27.2. The third kappa shape index (κ3) is 3.52. The molecule has 2 N–H and O–H groups in total. The van der Waals surface area contributed by atoms with E-state index in [1.54, 1.807) is 19.9 Å². The van der Waals surface area contributed by atoms with Crippen molar-refractivity contribution >= 4 is 15.9 Å². The summed E-state index contributed by atoms with van der Waals surface area (Å²) in [4.78, 5) is 12.7. The molecule has 0 bridgehead atoms. The minimum atomic E-state index is -3.56. The van der Waals surface area contributed by atoms with E-state index < -0.39 is 10.0 Å². The van der Waals surface area contributed by atoms with Crippen molar-refractivity contribution in [2.75, 3.05) is 13.1 Å². The quantitative estimate of drug-likeness (QED) is 0.852. The van der Waals surface area contributed by atoms with Gasteiger partial charge in [0, 0.05) is 24.7 Å². The van der Waals surface area contributed by atoms with E-state index in [9.17, 15) is 13.2 Å². The summed E-state index contributed by atoms with van der Waals surface area (Å²) in [5.74, 6) is -0.106. The van der Waals surface area contributed by atoms with Gasteiger partial charge >= 0.3 is 0 Å². The Balaban J connectivity index is 1.64. The number of rotatable bonds is 4. The van der Waals surface area contributed by atoms with Gasteiger partial charge in [-0.1, -0.05) is 18.2 Å². The van der Waals surface area contributed by atoms with Gasteiger partial charge in [0.05, 0.1) is 11.4 Å². The zero-order chi connectivity index (χ0) is 18.9. The van der Waals surface area contributed by atoms with Crippen molar-refractivity contribution in [2.24, 2.45) is 0 Å². The van der Waals surface area contributed by atoms with Crippen LogP contribution in [-0.2, 0) is 10.0 Å². The molecule has 0 aliphatic carbocycles. The highest BCUT2D eigenvalue weighted by molar-refractivity contribution is 7.89. The molecule has 0 atom stereocenters. The molecule has 1 aromatic carbocycles. The Hall–Kier alpha value is -2.19. The highest BCUT2D eigenvalue weighted by Crippen LogP contribution is 2.24. The van der Waals surface area contributed by atoms with Gasteiger partial charge in [0.15, 0.2) is 0 Å². The number of H-pyrrole nitrogens is 1. The van der Waals surface area contributed by atoms with Crippen LogP contribution in [0.1, 0.15) is 40.2 Å². The van der Waals surface area contributed by atoms with Gasteiger partial charge in [0.1, 0.15) is 4.90 Å². The second-order valence-corrected chi connectivity index (χ2v) is 8.60. The lowest BCUT2D eigenvalue weighted by Crippen LogP contribution is -2.46. The lowest BCUT2D eigenvalue weighted by atomic mass is 10.0. The third-order valence-electron chi connectivity index (χ3n) is 4.84. The van der Waals surface area contributed by atoms with Crippen LogP contribution in [0.4, 0.5) is 0 Å². The molecular formula is C18H24N4O3S. The monoisotopic (exact) mass is 376 g/mol. The largest absolute Gasteiger partial charge is 0.349 e. The maximum Gasteiger partial charge on any atom is 0.251 e. The van der Waals surface area contributed by atoms with E-state index in [0.717, 1.165) is 5.56 Å². The van der Waals surface area contributed by atoms with E-state index in [4.69, 9.17) is 0 Å². The number of sulfonamides is 1. The van der Waals surface area contributed by atoms with Crippen molar-refractivity contribution in [3.8, 4) is 0 Å². The average molecular weight is 376 g/mol. The van der Waals surface area contributed by atoms with Crippen LogP contribution in [0.15, 0.2) is 29.2 Å². The molecule has 1 fully saturated rings. The lowest BCUT2D eigenvalue weighted by molar-refractivity contribution is 0.0923. The number of nitrogens with one attached hydrogen (secondary N) is 2. The highest BCUT2D eigenvalue weighted by atomic mass is 32.2. The van der Waals surface area contributed by atoms with Crippen LogP contribution in [0.3, 0.4) is 0 Å². The van der Waals surface area contributed by atoms with Gasteiger partial charge in [-0.2, -0.15) is 9.40 Å². The molecule has 1 aliphatic heterocycles. The molecule has 3 rings (SSSR count). The first-order chi connectivity index (χ1) is 12.3. The first-order valence-corrected chi connectivity index (χ1v) is 10.1. The van der Waals surface area contributed by atoms with Gasteiger partial charge in [0.2, 0.25) is 10.0 Å². The van der Waals surface area contributed by atoms with Crippen molar-refractivity contribution in [3.05, 3.63) is 46.8 Å². The number of aryl methyl sites for hydroxylation is 3. The van der Waals surface area contributed by atoms with Crippen LogP contribution in [0.2, 0.25) is 0 Å². The molecule has 140 valence electrons. The number of amides is 1. The zero-order valence-corrected chi connectivity index (χ0v) is 16.1. The zero-order valence-electron chi connectivity index (χ0n) is 15.2. The Morgan fingerprint density at radius 3 is 2.42 bits per heavy atom. The summed E-state index contributed by atoms with van der Waals surface area (Å²) in [5.41, 5.74) is 2.62. The molecule has 0 saturated carbocycles. The predicted molar refractivity (Wildman–Crippen MR) is 98.5 cm³/mol. The second kappa shape index (κ2) is 7.20. The lowest BCUT2D eigenvalue weighted by Gasteiger charge is -2.31. The van der Waals surface area contributed by atoms with Crippen molar-refractivity contribution in [1.82, 2.24) is 19.8 Å². The number of nitrogens with zero attached hydrogens (tertiary/aromatic N) is 2. The summed E-state index contributed by atoms with van der Waals surface area (Å²) >= 11 is 0. The van der Waals surface area contributed by atoms with E-state index in [1.165, 1.54) is 4.31 Å². The molecule has 0 spiro atoms. The van der Waals surface area contributed by atoms with Crippen molar-refractivity contribution in [3.63, 3.8) is 0 Å². The minimum absolute atomic E-state index is 0.0277. The molecule has 1 amide bonds. The summed E-state index contributed by atoms with van der Waals surface area (Å²) in [5, 5.41) is 9.74. The number of piperidine rings is 1. The smallest absolute Gasteiger partial charge is 0.251 e. The normalized spacial score (nSPS) is 16.6. The number of aromatic amines is 1. The van der Waals surface area contributed by atoms with Crippen LogP contribution < -0.4 is 5.32 Å². The van der Waals surface area contributed by atoms with Crippen molar-refractivity contribution in [2.45, 2.75) is 44.6 Å². The molecule has 2 aromatic rings. The van der Waals surface area contributed by atoms with Gasteiger partial charge in [-0.15, -0.1) is 0 Å². The standard InChI is InChI=1S/C18H24N4O3S/c1-12-6-4-5-7-16(12)18(23)19-15-8-10-22(11-9-15)26(24,25)17-13(2)20-21-14(17)3/h4-7,15H,8-11H2,1-3H3,(H,19,23)(H,20,21). The Bertz CT molecular complexity index is 893. The van der Waals surface area contributed by atoms with Gasteiger partial charge < -0.3 is 5.32 Å². The average Bonchev–Trinajstić information content (AvgIpc) is 2.95. The Morgan fingerprint density at radius 2 is 1.85 bits per heavy atom. The molecule has 1 saturated heterocycles. The van der Waals surface area contributed by atoms with Crippen molar-refractivity contribution < 1.29 is 13.2 Å². The minimum Gasteiger partial charge on any atom is -0.349 e. The molecule has 26 heavy (non-hydrogen) atoms. The maximum atomic E-state index is 12.9. The second-order valence-electron chi connectivity index (χ2n) is 6.73. The van der Waals surface area contributed by atoms with Crippen LogP contribution >= 0.6 is 0 Å². The summed E-state index contributed by atoms with van der Waals surface area (Å²) in [6.07, 6.45) is 1.18. The molecule has 2 heterocycles. The number of hydrogen-bond donors (Lipinski definition) is 2. The Morgan fingerprint density at radius 1 is 1.19 bits per heavy atom. The van der Waals surface area contributed by atoms with Gasteiger partial charge in [0.25, 0.3) is 5.91 Å². The first kappa shape index (κ1) is 18.6. The van der Waals surface area contributed by atoms with Crippen LogP contribution in [-0.4, -0.2) is 48.0 Å². The molecule has 1 aromatic heterocycles. The number of carbonyl (C=O) groups excluding carboxylic acids is 1. The molecule has 0 radical (unpaired) electrons. The summed E-state index contributed by atoms with van der Waals surface area (Å²) in [6, 6.07) is 7.41.